The van der Waals surface area contributed by atoms with Crippen molar-refractivity contribution >= 4 is 46.8 Å². The van der Waals surface area contributed by atoms with Gasteiger partial charge in [0.25, 0.3) is 5.91 Å². The summed E-state index contributed by atoms with van der Waals surface area (Å²) in [7, 11) is 1.46. The van der Waals surface area contributed by atoms with Crippen molar-refractivity contribution in [3.05, 3.63) is 94.2 Å². The van der Waals surface area contributed by atoms with Crippen LogP contribution >= 0.6 is 11.3 Å². The highest BCUT2D eigenvalue weighted by Gasteiger charge is 2.35. The minimum Gasteiger partial charge on any atom is -0.346 e. The molecule has 12 nitrogen and oxygen atoms in total. The average molecular weight is 689 g/mol. The van der Waals surface area contributed by atoms with Crippen LogP contribution in [0.5, 0.6) is 0 Å². The second kappa shape index (κ2) is 16.9. The monoisotopic (exact) mass is 688 g/mol. The molecule has 1 aliphatic heterocycles. The summed E-state index contributed by atoms with van der Waals surface area (Å²) in [4.78, 5) is 84.6. The molecule has 5 atom stereocenters. The standard InChI is InChI=1S/C36H44N6O6S/c1-22(2)31-34(46)37-23(3)32(44)39-29(26-14-10-7-11-15-26)19-42(35(47)27-16-17-49-21-27)20-30(43)38-28(18-25-12-8-6-9-13-25)36(48)41(5)24(4)33(45)40-31/h6-17,21-24,28-29,31H,18-20H2,1-5H3,(H,37,46)(H,38,43)(H,39,44)(H,40,45)/t23-,24-,28-,29-,31+/m0/s1. The van der Waals surface area contributed by atoms with Gasteiger partial charge in [-0.2, -0.15) is 11.3 Å². The van der Waals surface area contributed by atoms with Gasteiger partial charge in [-0.25, -0.2) is 0 Å². The lowest BCUT2D eigenvalue weighted by molar-refractivity contribution is -0.142. The van der Waals surface area contributed by atoms with Gasteiger partial charge in [-0.15, -0.1) is 0 Å². The predicted octanol–water partition coefficient (Wildman–Crippen LogP) is 2.28. The Bertz CT molecular complexity index is 1620. The molecule has 260 valence electrons. The van der Waals surface area contributed by atoms with Gasteiger partial charge in [-0.05, 0) is 42.3 Å². The molecule has 6 amide bonds. The fourth-order valence-electron chi connectivity index (χ4n) is 5.48. The Labute approximate surface area is 290 Å². The largest absolute Gasteiger partial charge is 0.346 e. The van der Waals surface area contributed by atoms with Gasteiger partial charge in [0.1, 0.15) is 24.2 Å². The van der Waals surface area contributed by atoms with Crippen LogP contribution in [0.4, 0.5) is 0 Å². The van der Waals surface area contributed by atoms with Crippen LogP contribution in [0, 0.1) is 5.92 Å². The number of hydrogen-bond acceptors (Lipinski definition) is 7. The third-order valence-electron chi connectivity index (χ3n) is 8.53. The number of carbonyl (C=O) groups excluding carboxylic acids is 6. The molecule has 1 fully saturated rings. The highest BCUT2D eigenvalue weighted by atomic mass is 32.1. The van der Waals surface area contributed by atoms with Crippen molar-refractivity contribution in [2.45, 2.75) is 64.3 Å². The molecule has 1 aromatic heterocycles. The first-order valence-corrected chi connectivity index (χ1v) is 17.2. The molecule has 0 aliphatic carbocycles. The third kappa shape index (κ3) is 9.75. The number of likely N-dealkylation sites (N-methyl/N-ethyl adjacent to an activating group) is 1. The number of rotatable bonds is 5. The zero-order valence-electron chi connectivity index (χ0n) is 28.3. The van der Waals surface area contributed by atoms with Gasteiger partial charge in [-0.3, -0.25) is 28.8 Å². The van der Waals surface area contributed by atoms with Crippen molar-refractivity contribution in [3.63, 3.8) is 0 Å². The number of nitrogens with one attached hydrogen (secondary N) is 4. The van der Waals surface area contributed by atoms with E-state index in [0.717, 1.165) is 5.56 Å². The lowest BCUT2D eigenvalue weighted by Crippen LogP contribution is -2.59. The second-order valence-corrected chi connectivity index (χ2v) is 13.3. The van der Waals surface area contributed by atoms with Gasteiger partial charge < -0.3 is 31.1 Å². The second-order valence-electron chi connectivity index (χ2n) is 12.6. The average Bonchev–Trinajstić information content (AvgIpc) is 3.63. The fraction of sp³-hybridized carbons (Fsp3) is 0.389. The summed E-state index contributed by atoms with van der Waals surface area (Å²) in [6.07, 6.45) is 0.125. The van der Waals surface area contributed by atoms with Crippen molar-refractivity contribution in [2.75, 3.05) is 20.1 Å². The van der Waals surface area contributed by atoms with Crippen LogP contribution < -0.4 is 21.3 Å². The van der Waals surface area contributed by atoms with E-state index < -0.39 is 72.2 Å². The summed E-state index contributed by atoms with van der Waals surface area (Å²) in [5.74, 6) is -3.57. The van der Waals surface area contributed by atoms with Crippen molar-refractivity contribution in [1.29, 1.82) is 0 Å². The van der Waals surface area contributed by atoms with Gasteiger partial charge in [0.05, 0.1) is 18.2 Å². The zero-order chi connectivity index (χ0) is 35.7. The molecular weight excluding hydrogens is 644 g/mol. The molecule has 1 aliphatic rings. The summed E-state index contributed by atoms with van der Waals surface area (Å²) in [6.45, 7) is 6.07. The molecule has 0 unspecified atom stereocenters. The Hall–Kier alpha value is -5.04. The van der Waals surface area contributed by atoms with Crippen molar-refractivity contribution in [2.24, 2.45) is 5.92 Å². The van der Waals surface area contributed by atoms with Crippen molar-refractivity contribution in [3.8, 4) is 0 Å². The number of carbonyl (C=O) groups is 6. The summed E-state index contributed by atoms with van der Waals surface area (Å²) in [5.41, 5.74) is 1.82. The summed E-state index contributed by atoms with van der Waals surface area (Å²) in [5, 5.41) is 14.6. The molecule has 0 radical (unpaired) electrons. The van der Waals surface area contributed by atoms with Gasteiger partial charge in [-0.1, -0.05) is 74.5 Å². The number of amides is 6. The molecule has 4 N–H and O–H groups in total. The van der Waals surface area contributed by atoms with E-state index in [1.807, 2.05) is 36.4 Å². The third-order valence-corrected chi connectivity index (χ3v) is 9.22. The quantitative estimate of drug-likeness (QED) is 0.322. The van der Waals surface area contributed by atoms with Crippen LogP contribution in [-0.4, -0.2) is 89.5 Å². The van der Waals surface area contributed by atoms with E-state index in [1.54, 1.807) is 54.9 Å². The van der Waals surface area contributed by atoms with Crippen molar-refractivity contribution in [1.82, 2.24) is 31.1 Å². The van der Waals surface area contributed by atoms with E-state index in [-0.39, 0.29) is 18.9 Å². The first kappa shape index (κ1) is 36.8. The maximum atomic E-state index is 14.0. The van der Waals surface area contributed by atoms with E-state index in [0.29, 0.717) is 11.1 Å². The molecule has 0 saturated carbocycles. The molecule has 1 saturated heterocycles. The van der Waals surface area contributed by atoms with Crippen LogP contribution in [0.1, 0.15) is 55.2 Å². The Morgan fingerprint density at radius 2 is 1.49 bits per heavy atom. The zero-order valence-corrected chi connectivity index (χ0v) is 29.2. The van der Waals surface area contributed by atoms with Crippen LogP contribution in [0.25, 0.3) is 0 Å². The normalized spacial score (nSPS) is 23.6. The van der Waals surface area contributed by atoms with Crippen LogP contribution in [0.15, 0.2) is 77.5 Å². The molecule has 2 heterocycles. The first-order chi connectivity index (χ1) is 23.3. The van der Waals surface area contributed by atoms with Crippen LogP contribution in [0.2, 0.25) is 0 Å². The topological polar surface area (TPSA) is 157 Å². The maximum absolute atomic E-state index is 14.0. The SMILES string of the molecule is CC(C)[C@H]1NC(=O)[C@H](C)N(C)C(=O)[C@H](Cc2ccccc2)NC(=O)CN(C(=O)c2ccsc2)C[C@@H](c2ccccc2)NC(=O)[C@H](C)NC1=O. The Morgan fingerprint density at radius 3 is 2.10 bits per heavy atom. The van der Waals surface area contributed by atoms with E-state index >= 15 is 0 Å². The summed E-state index contributed by atoms with van der Waals surface area (Å²) < 4.78 is 0. The van der Waals surface area contributed by atoms with Gasteiger partial charge >= 0.3 is 0 Å². The molecule has 49 heavy (non-hydrogen) atoms. The van der Waals surface area contributed by atoms with Gasteiger partial charge in [0, 0.05) is 25.4 Å². The lowest BCUT2D eigenvalue weighted by Gasteiger charge is -2.33. The first-order valence-electron chi connectivity index (χ1n) is 16.2. The van der Waals surface area contributed by atoms with Gasteiger partial charge in [0.15, 0.2) is 0 Å². The molecule has 2 aromatic carbocycles. The molecule has 0 spiro atoms. The number of benzene rings is 2. The predicted molar refractivity (Wildman–Crippen MR) is 186 cm³/mol. The minimum atomic E-state index is -1.08. The van der Waals surface area contributed by atoms with E-state index in [9.17, 15) is 28.8 Å². The minimum absolute atomic E-state index is 0.0859. The highest BCUT2D eigenvalue weighted by Crippen LogP contribution is 2.18. The highest BCUT2D eigenvalue weighted by molar-refractivity contribution is 7.08. The fourth-order valence-corrected chi connectivity index (χ4v) is 6.11. The number of nitrogens with zero attached hydrogens (tertiary/aromatic N) is 2. The Morgan fingerprint density at radius 1 is 0.837 bits per heavy atom. The molecule has 3 aromatic rings. The lowest BCUT2D eigenvalue weighted by atomic mass is 10.0. The number of hydrogen-bond donors (Lipinski definition) is 4. The Balaban J connectivity index is 1.76. The summed E-state index contributed by atoms with van der Waals surface area (Å²) in [6, 6.07) is 14.9. The van der Waals surface area contributed by atoms with Gasteiger partial charge in [0.2, 0.25) is 29.5 Å². The van der Waals surface area contributed by atoms with Crippen LogP contribution in [-0.2, 0) is 30.4 Å². The van der Waals surface area contributed by atoms with E-state index in [2.05, 4.69) is 21.3 Å². The van der Waals surface area contributed by atoms with E-state index in [4.69, 9.17) is 0 Å². The smallest absolute Gasteiger partial charge is 0.255 e. The number of thiophene rings is 1. The Kier molecular flexibility index (Phi) is 12.7. The molecular formula is C36H44N6O6S. The molecule has 13 heteroatoms. The summed E-state index contributed by atoms with van der Waals surface area (Å²) >= 11 is 1.33. The maximum Gasteiger partial charge on any atom is 0.255 e. The van der Waals surface area contributed by atoms with Crippen LogP contribution in [0.3, 0.4) is 0 Å². The molecule has 0 bridgehead atoms. The van der Waals surface area contributed by atoms with Crippen molar-refractivity contribution < 1.29 is 28.8 Å². The molecule has 4 rings (SSSR count). The van der Waals surface area contributed by atoms with E-state index in [1.165, 1.54) is 42.0 Å².